The van der Waals surface area contributed by atoms with E-state index >= 15 is 0 Å². The van der Waals surface area contributed by atoms with Crippen molar-refractivity contribution in [2.24, 2.45) is 11.8 Å². The summed E-state index contributed by atoms with van der Waals surface area (Å²) in [6, 6.07) is 4.13. The van der Waals surface area contributed by atoms with Gasteiger partial charge in [0.1, 0.15) is 0 Å². The lowest BCUT2D eigenvalue weighted by molar-refractivity contribution is -0.129. The molecule has 3 fully saturated rings. The number of aromatic nitrogens is 1. The predicted molar refractivity (Wildman–Crippen MR) is 91.3 cm³/mol. The van der Waals surface area contributed by atoms with Crippen LogP contribution in [0.3, 0.4) is 0 Å². The van der Waals surface area contributed by atoms with Gasteiger partial charge in [0.2, 0.25) is 5.91 Å². The number of rotatable bonds is 3. The van der Waals surface area contributed by atoms with E-state index in [1.807, 2.05) is 17.0 Å². The van der Waals surface area contributed by atoms with Crippen molar-refractivity contribution in [3.05, 3.63) is 30.1 Å². The normalized spacial score (nSPS) is 33.6. The lowest BCUT2D eigenvalue weighted by Crippen LogP contribution is -2.48. The maximum Gasteiger partial charge on any atom is 0.227 e. The molecule has 4 rings (SSSR count). The van der Waals surface area contributed by atoms with Crippen molar-refractivity contribution in [2.75, 3.05) is 26.2 Å². The van der Waals surface area contributed by atoms with Crippen molar-refractivity contribution in [1.29, 1.82) is 0 Å². The average Bonchev–Trinajstić information content (AvgIpc) is 3.24. The van der Waals surface area contributed by atoms with Gasteiger partial charge in [-0.3, -0.25) is 14.7 Å². The third-order valence-corrected chi connectivity index (χ3v) is 6.18. The van der Waals surface area contributed by atoms with E-state index in [0.29, 0.717) is 24.3 Å². The number of pyridine rings is 1. The molecule has 5 heteroatoms. The van der Waals surface area contributed by atoms with Gasteiger partial charge in [0.05, 0.1) is 12.5 Å². The zero-order valence-corrected chi connectivity index (χ0v) is 14.2. The van der Waals surface area contributed by atoms with Gasteiger partial charge in [-0.15, -0.1) is 0 Å². The average molecular weight is 329 g/mol. The second-order valence-corrected chi connectivity index (χ2v) is 7.70. The summed E-state index contributed by atoms with van der Waals surface area (Å²) >= 11 is 0. The summed E-state index contributed by atoms with van der Waals surface area (Å²) in [7, 11) is 0. The van der Waals surface area contributed by atoms with Crippen LogP contribution in [-0.4, -0.2) is 64.1 Å². The van der Waals surface area contributed by atoms with Crippen LogP contribution in [-0.2, 0) is 11.2 Å². The van der Waals surface area contributed by atoms with E-state index in [1.54, 1.807) is 12.4 Å². The molecule has 5 nitrogen and oxygen atoms in total. The van der Waals surface area contributed by atoms with Crippen LogP contribution in [0.15, 0.2) is 24.5 Å². The van der Waals surface area contributed by atoms with Crippen LogP contribution in [0.25, 0.3) is 0 Å². The molecule has 1 aliphatic carbocycles. The van der Waals surface area contributed by atoms with Crippen LogP contribution in [0.5, 0.6) is 0 Å². The highest BCUT2D eigenvalue weighted by Gasteiger charge is 2.44. The number of likely N-dealkylation sites (tertiary alicyclic amines) is 2. The highest BCUT2D eigenvalue weighted by molar-refractivity contribution is 5.79. The number of fused-ring (bicyclic) bond motifs is 1. The van der Waals surface area contributed by atoms with Crippen LogP contribution in [0.2, 0.25) is 0 Å². The Morgan fingerprint density at radius 2 is 1.79 bits per heavy atom. The van der Waals surface area contributed by atoms with Crippen molar-refractivity contribution >= 4 is 5.91 Å². The Morgan fingerprint density at radius 3 is 2.50 bits per heavy atom. The minimum absolute atomic E-state index is 0.211. The molecule has 24 heavy (non-hydrogen) atoms. The first kappa shape index (κ1) is 16.0. The van der Waals surface area contributed by atoms with Crippen molar-refractivity contribution in [1.82, 2.24) is 14.8 Å². The van der Waals surface area contributed by atoms with Crippen LogP contribution in [0.1, 0.15) is 31.2 Å². The first-order valence-electron chi connectivity index (χ1n) is 9.29. The number of carbonyl (C=O) groups is 1. The number of aliphatic hydroxyl groups is 1. The number of hydrogen-bond donors (Lipinski definition) is 1. The Kier molecular flexibility index (Phi) is 4.55. The van der Waals surface area contributed by atoms with E-state index in [4.69, 9.17) is 0 Å². The molecule has 1 aromatic rings. The van der Waals surface area contributed by atoms with Gasteiger partial charge in [0, 0.05) is 31.5 Å². The number of aliphatic hydroxyl groups excluding tert-OH is 1. The summed E-state index contributed by atoms with van der Waals surface area (Å²) in [6.07, 6.45) is 8.13. The summed E-state index contributed by atoms with van der Waals surface area (Å²) in [5, 5.41) is 10.6. The molecule has 0 spiro atoms. The molecule has 0 aromatic carbocycles. The largest absolute Gasteiger partial charge is 0.391 e. The summed E-state index contributed by atoms with van der Waals surface area (Å²) < 4.78 is 0. The van der Waals surface area contributed by atoms with Crippen LogP contribution < -0.4 is 0 Å². The first-order chi connectivity index (χ1) is 11.7. The van der Waals surface area contributed by atoms with Crippen molar-refractivity contribution in [3.8, 4) is 0 Å². The number of amides is 1. The number of carbonyl (C=O) groups excluding carboxylic acids is 1. The van der Waals surface area contributed by atoms with Gasteiger partial charge in [-0.25, -0.2) is 0 Å². The highest BCUT2D eigenvalue weighted by Crippen LogP contribution is 2.39. The van der Waals surface area contributed by atoms with E-state index in [0.717, 1.165) is 44.6 Å². The Hall–Kier alpha value is -1.46. The zero-order valence-electron chi connectivity index (χ0n) is 14.2. The molecule has 0 radical (unpaired) electrons. The summed E-state index contributed by atoms with van der Waals surface area (Å²) in [5.74, 6) is 1.24. The fraction of sp³-hybridized carbons (Fsp3) is 0.684. The fourth-order valence-corrected chi connectivity index (χ4v) is 4.86. The number of nitrogens with zero attached hydrogens (tertiary/aromatic N) is 3. The standard InChI is InChI=1S/C19H27N3O2/c23-18-11-16-13-22(19(24)9-14-3-5-20-6-4-14)12-15(16)10-17(18)21-7-1-2-8-21/h3-6,15-18,23H,1-2,7-13H2/t15-,16+,17-,18-/m1/s1. The molecule has 1 saturated carbocycles. The number of hydrogen-bond acceptors (Lipinski definition) is 4. The zero-order chi connectivity index (χ0) is 16.5. The van der Waals surface area contributed by atoms with E-state index in [1.165, 1.54) is 12.8 Å². The third-order valence-electron chi connectivity index (χ3n) is 6.18. The Morgan fingerprint density at radius 1 is 1.12 bits per heavy atom. The summed E-state index contributed by atoms with van der Waals surface area (Å²) in [5.41, 5.74) is 1.03. The lowest BCUT2D eigenvalue weighted by Gasteiger charge is -2.40. The lowest BCUT2D eigenvalue weighted by atomic mass is 9.77. The minimum atomic E-state index is -0.223. The molecule has 2 saturated heterocycles. The van der Waals surface area contributed by atoms with E-state index in [-0.39, 0.29) is 12.0 Å². The van der Waals surface area contributed by atoms with Gasteiger partial charge in [0.15, 0.2) is 0 Å². The maximum absolute atomic E-state index is 12.6. The van der Waals surface area contributed by atoms with E-state index in [9.17, 15) is 9.90 Å². The Labute approximate surface area is 143 Å². The quantitative estimate of drug-likeness (QED) is 0.909. The van der Waals surface area contributed by atoms with E-state index < -0.39 is 0 Å². The second-order valence-electron chi connectivity index (χ2n) is 7.70. The van der Waals surface area contributed by atoms with Gasteiger partial charge in [-0.1, -0.05) is 0 Å². The van der Waals surface area contributed by atoms with Gasteiger partial charge in [0.25, 0.3) is 0 Å². The monoisotopic (exact) mass is 329 g/mol. The van der Waals surface area contributed by atoms with Crippen LogP contribution in [0, 0.1) is 11.8 Å². The Balaban J connectivity index is 1.37. The van der Waals surface area contributed by atoms with E-state index in [2.05, 4.69) is 9.88 Å². The van der Waals surface area contributed by atoms with Crippen LogP contribution >= 0.6 is 0 Å². The van der Waals surface area contributed by atoms with Crippen molar-refractivity contribution in [3.63, 3.8) is 0 Å². The summed E-state index contributed by atoms with van der Waals surface area (Å²) in [4.78, 5) is 21.1. The smallest absolute Gasteiger partial charge is 0.227 e. The molecule has 3 heterocycles. The maximum atomic E-state index is 12.6. The molecule has 2 aliphatic heterocycles. The third kappa shape index (κ3) is 3.20. The highest BCUT2D eigenvalue weighted by atomic mass is 16.3. The molecule has 1 amide bonds. The summed E-state index contributed by atoms with van der Waals surface area (Å²) in [6.45, 7) is 3.94. The van der Waals surface area contributed by atoms with Gasteiger partial charge in [-0.2, -0.15) is 0 Å². The van der Waals surface area contributed by atoms with Crippen LogP contribution in [0.4, 0.5) is 0 Å². The molecular weight excluding hydrogens is 302 g/mol. The fourth-order valence-electron chi connectivity index (χ4n) is 4.86. The SMILES string of the molecule is O=C(Cc1ccncc1)N1C[C@H]2C[C@@H](N3CCCC3)[C@H](O)C[C@H]2C1. The minimum Gasteiger partial charge on any atom is -0.391 e. The van der Waals surface area contributed by atoms with Crippen molar-refractivity contribution in [2.45, 2.75) is 44.2 Å². The molecule has 0 bridgehead atoms. The molecule has 1 aromatic heterocycles. The van der Waals surface area contributed by atoms with Crippen molar-refractivity contribution < 1.29 is 9.90 Å². The Bertz CT molecular complexity index is 573. The molecule has 130 valence electrons. The molecule has 1 N–H and O–H groups in total. The molecular formula is C19H27N3O2. The molecule has 0 unspecified atom stereocenters. The molecule has 4 atom stereocenters. The topological polar surface area (TPSA) is 56.7 Å². The predicted octanol–water partition coefficient (Wildman–Crippen LogP) is 1.32. The molecule has 3 aliphatic rings. The first-order valence-corrected chi connectivity index (χ1v) is 9.29. The van der Waals surface area contributed by atoms with Gasteiger partial charge >= 0.3 is 0 Å². The van der Waals surface area contributed by atoms with Gasteiger partial charge < -0.3 is 10.0 Å². The van der Waals surface area contributed by atoms with Gasteiger partial charge in [-0.05, 0) is 68.3 Å². The second kappa shape index (κ2) is 6.81.